The Morgan fingerprint density at radius 3 is 2.62 bits per heavy atom. The molecule has 0 bridgehead atoms. The third-order valence-electron chi connectivity index (χ3n) is 5.43. The van der Waals surface area contributed by atoms with Crippen LogP contribution in [0.25, 0.3) is 0 Å². The molecule has 1 spiro atoms. The van der Waals surface area contributed by atoms with Gasteiger partial charge in [0.2, 0.25) is 0 Å². The Morgan fingerprint density at radius 2 is 1.86 bits per heavy atom. The van der Waals surface area contributed by atoms with Crippen LogP contribution >= 0.6 is 11.8 Å². The number of unbranched alkanes of at least 4 members (excludes halogenated alkanes) is 5. The summed E-state index contributed by atoms with van der Waals surface area (Å²) in [5, 5.41) is 0. The fourth-order valence-electron chi connectivity index (χ4n) is 3.92. The Kier molecular flexibility index (Phi) is 7.90. The highest BCUT2D eigenvalue weighted by Gasteiger charge is 2.40. The Labute approximate surface area is 136 Å². The van der Waals surface area contributed by atoms with Gasteiger partial charge in [0.15, 0.2) is 0 Å². The van der Waals surface area contributed by atoms with Crippen molar-refractivity contribution in [3.05, 3.63) is 0 Å². The predicted molar refractivity (Wildman–Crippen MR) is 93.9 cm³/mol. The lowest BCUT2D eigenvalue weighted by molar-refractivity contribution is -0.106. The summed E-state index contributed by atoms with van der Waals surface area (Å²) in [6, 6.07) is 0.409. The molecule has 2 aliphatic rings. The number of hydrogen-bond acceptors (Lipinski definition) is 3. The summed E-state index contributed by atoms with van der Waals surface area (Å²) in [5.41, 5.74) is 6.72. The summed E-state index contributed by atoms with van der Waals surface area (Å²) >= 11 is 2.08. The zero-order valence-corrected chi connectivity index (χ0v) is 14.8. The van der Waals surface area contributed by atoms with Crippen LogP contribution in [-0.4, -0.2) is 29.8 Å². The molecular formula is C18H35NOS. The van der Waals surface area contributed by atoms with Gasteiger partial charge in [-0.2, -0.15) is 11.8 Å². The van der Waals surface area contributed by atoms with E-state index in [1.54, 1.807) is 0 Å². The molecule has 0 aliphatic carbocycles. The highest BCUT2D eigenvalue weighted by atomic mass is 32.2. The standard InChI is InChI=1S/C18H35NOS/c1-2-3-4-5-6-7-8-17(19)16-9-12-20-18(15-16)10-13-21-14-11-18/h16-17H,2-15,19H2,1H3. The van der Waals surface area contributed by atoms with Gasteiger partial charge in [-0.25, -0.2) is 0 Å². The second-order valence-corrected chi connectivity index (χ2v) is 8.34. The van der Waals surface area contributed by atoms with Crippen LogP contribution in [0.2, 0.25) is 0 Å². The minimum atomic E-state index is 0.201. The van der Waals surface area contributed by atoms with Crippen LogP contribution in [0, 0.1) is 5.92 Å². The smallest absolute Gasteiger partial charge is 0.0701 e. The third-order valence-corrected chi connectivity index (χ3v) is 6.42. The Morgan fingerprint density at radius 1 is 1.14 bits per heavy atom. The van der Waals surface area contributed by atoms with Crippen molar-refractivity contribution in [1.29, 1.82) is 0 Å². The van der Waals surface area contributed by atoms with E-state index >= 15 is 0 Å². The van der Waals surface area contributed by atoms with E-state index < -0.39 is 0 Å². The van der Waals surface area contributed by atoms with Gasteiger partial charge < -0.3 is 10.5 Å². The molecule has 2 fully saturated rings. The minimum Gasteiger partial charge on any atom is -0.375 e. The molecule has 2 heterocycles. The largest absolute Gasteiger partial charge is 0.375 e. The van der Waals surface area contributed by atoms with E-state index in [1.165, 1.54) is 82.1 Å². The van der Waals surface area contributed by atoms with E-state index in [0.29, 0.717) is 12.0 Å². The molecule has 2 unspecified atom stereocenters. The van der Waals surface area contributed by atoms with Gasteiger partial charge in [-0.15, -0.1) is 0 Å². The van der Waals surface area contributed by atoms with Crippen LogP contribution in [0.15, 0.2) is 0 Å². The Bertz CT molecular complexity index is 273. The molecule has 0 aromatic carbocycles. The fraction of sp³-hybridized carbons (Fsp3) is 1.00. The van der Waals surface area contributed by atoms with Crippen molar-refractivity contribution in [2.24, 2.45) is 11.7 Å². The van der Waals surface area contributed by atoms with Crippen LogP contribution in [0.1, 0.15) is 77.6 Å². The second-order valence-electron chi connectivity index (χ2n) is 7.12. The maximum atomic E-state index is 6.52. The lowest BCUT2D eigenvalue weighted by atomic mass is 9.78. The zero-order valence-electron chi connectivity index (χ0n) is 13.9. The van der Waals surface area contributed by atoms with Gasteiger partial charge in [0.1, 0.15) is 0 Å². The van der Waals surface area contributed by atoms with Gasteiger partial charge in [0.25, 0.3) is 0 Å². The normalized spacial score (nSPS) is 26.9. The number of rotatable bonds is 8. The van der Waals surface area contributed by atoms with Crippen LogP contribution in [-0.2, 0) is 4.74 Å². The average Bonchev–Trinajstić information content (AvgIpc) is 2.51. The zero-order chi connectivity index (χ0) is 15.0. The lowest BCUT2D eigenvalue weighted by Crippen LogP contribution is -2.47. The average molecular weight is 314 g/mol. The van der Waals surface area contributed by atoms with E-state index in [1.807, 2.05) is 0 Å². The molecule has 0 saturated carbocycles. The van der Waals surface area contributed by atoms with E-state index in [9.17, 15) is 0 Å². The molecule has 2 nitrogen and oxygen atoms in total. The molecule has 124 valence electrons. The van der Waals surface area contributed by atoms with Crippen molar-refractivity contribution in [2.75, 3.05) is 18.1 Å². The molecule has 3 heteroatoms. The fourth-order valence-corrected chi connectivity index (χ4v) is 5.16. The first-order chi connectivity index (χ1) is 10.3. The summed E-state index contributed by atoms with van der Waals surface area (Å²) in [6.07, 6.45) is 14.4. The van der Waals surface area contributed by atoms with Crippen LogP contribution in [0.4, 0.5) is 0 Å². The first-order valence-corrected chi connectivity index (χ1v) is 10.4. The van der Waals surface area contributed by atoms with Crippen molar-refractivity contribution < 1.29 is 4.74 Å². The number of nitrogens with two attached hydrogens (primary N) is 1. The number of ether oxygens (including phenoxy) is 1. The number of thioether (sulfide) groups is 1. The molecule has 0 aromatic heterocycles. The summed E-state index contributed by atoms with van der Waals surface area (Å²) in [4.78, 5) is 0. The van der Waals surface area contributed by atoms with E-state index in [-0.39, 0.29) is 5.60 Å². The number of hydrogen-bond donors (Lipinski definition) is 1. The van der Waals surface area contributed by atoms with Crippen LogP contribution < -0.4 is 5.73 Å². The molecule has 0 amide bonds. The molecule has 2 atom stereocenters. The van der Waals surface area contributed by atoms with Gasteiger partial charge in [-0.1, -0.05) is 45.4 Å². The van der Waals surface area contributed by atoms with Crippen molar-refractivity contribution in [2.45, 2.75) is 89.2 Å². The quantitative estimate of drug-likeness (QED) is 0.656. The van der Waals surface area contributed by atoms with Gasteiger partial charge in [-0.05, 0) is 49.5 Å². The molecule has 2 rings (SSSR count). The van der Waals surface area contributed by atoms with Crippen molar-refractivity contribution >= 4 is 11.8 Å². The van der Waals surface area contributed by atoms with Crippen molar-refractivity contribution in [3.8, 4) is 0 Å². The van der Waals surface area contributed by atoms with Gasteiger partial charge in [0.05, 0.1) is 5.60 Å². The molecule has 2 saturated heterocycles. The highest BCUT2D eigenvalue weighted by molar-refractivity contribution is 7.99. The molecule has 21 heavy (non-hydrogen) atoms. The molecule has 2 aliphatic heterocycles. The second kappa shape index (κ2) is 9.42. The van der Waals surface area contributed by atoms with Gasteiger partial charge >= 0.3 is 0 Å². The first kappa shape index (κ1) is 17.6. The van der Waals surface area contributed by atoms with E-state index in [0.717, 1.165) is 6.61 Å². The van der Waals surface area contributed by atoms with Crippen molar-refractivity contribution in [1.82, 2.24) is 0 Å². The predicted octanol–water partition coefficient (Wildman–Crippen LogP) is 4.76. The van der Waals surface area contributed by atoms with Crippen LogP contribution in [0.3, 0.4) is 0 Å². The Hall–Kier alpha value is 0.270. The maximum absolute atomic E-state index is 6.52. The first-order valence-electron chi connectivity index (χ1n) is 9.23. The monoisotopic (exact) mass is 313 g/mol. The SMILES string of the molecule is CCCCCCCCC(N)C1CCOC2(CCSCC2)C1. The van der Waals surface area contributed by atoms with Gasteiger partial charge in [0, 0.05) is 12.6 Å². The van der Waals surface area contributed by atoms with Crippen molar-refractivity contribution in [3.63, 3.8) is 0 Å². The molecule has 0 aromatic rings. The van der Waals surface area contributed by atoms with Crippen LogP contribution in [0.5, 0.6) is 0 Å². The van der Waals surface area contributed by atoms with E-state index in [4.69, 9.17) is 10.5 Å². The van der Waals surface area contributed by atoms with E-state index in [2.05, 4.69) is 18.7 Å². The summed E-state index contributed by atoms with van der Waals surface area (Å²) in [7, 11) is 0. The minimum absolute atomic E-state index is 0.201. The maximum Gasteiger partial charge on any atom is 0.0701 e. The molecule has 2 N–H and O–H groups in total. The lowest BCUT2D eigenvalue weighted by Gasteiger charge is -2.44. The van der Waals surface area contributed by atoms with Gasteiger partial charge in [-0.3, -0.25) is 0 Å². The third kappa shape index (κ3) is 5.76. The molecule has 0 radical (unpaired) electrons. The summed E-state index contributed by atoms with van der Waals surface area (Å²) in [5.74, 6) is 3.26. The summed E-state index contributed by atoms with van der Waals surface area (Å²) < 4.78 is 6.19. The molecular weight excluding hydrogens is 278 g/mol. The summed E-state index contributed by atoms with van der Waals surface area (Å²) in [6.45, 7) is 3.22. The Balaban J connectivity index is 1.65. The topological polar surface area (TPSA) is 35.2 Å². The highest BCUT2D eigenvalue weighted by Crippen LogP contribution is 2.40.